The molecule has 2 heterocycles. The minimum Gasteiger partial charge on any atom is -0.315 e. The number of nitrogens with zero attached hydrogens (tertiary/aromatic N) is 3. The summed E-state index contributed by atoms with van der Waals surface area (Å²) < 4.78 is 28.8. The summed E-state index contributed by atoms with van der Waals surface area (Å²) in [7, 11) is 0.130. The van der Waals surface area contributed by atoms with Crippen LogP contribution in [-0.2, 0) is 30.0 Å². The molecule has 0 aliphatic rings. The molecule has 0 atom stereocenters. The minimum absolute atomic E-state index is 0.281. The SMILES string of the molecule is CNCc1cc(S(=O)(=O)NCCc2ncn(C)n2)c(C)s1. The molecule has 0 spiro atoms. The molecule has 0 aromatic carbocycles. The van der Waals surface area contributed by atoms with E-state index in [1.54, 1.807) is 24.1 Å². The molecule has 2 aromatic rings. The Balaban J connectivity index is 2.01. The molecule has 21 heavy (non-hydrogen) atoms. The van der Waals surface area contributed by atoms with Gasteiger partial charge >= 0.3 is 0 Å². The quantitative estimate of drug-likeness (QED) is 0.769. The standard InChI is InChI=1S/C12H19N5O2S2/c1-9-11(6-10(20-9)7-13-2)21(18,19)15-5-4-12-14-8-17(3)16-12/h6,8,13,15H,4-5,7H2,1-3H3. The fraction of sp³-hybridized carbons (Fsp3) is 0.500. The van der Waals surface area contributed by atoms with Gasteiger partial charge in [0.15, 0.2) is 5.82 Å². The van der Waals surface area contributed by atoms with E-state index in [1.807, 2.05) is 14.0 Å². The highest BCUT2D eigenvalue weighted by Gasteiger charge is 2.19. The van der Waals surface area contributed by atoms with Crippen LogP contribution in [0.2, 0.25) is 0 Å². The highest BCUT2D eigenvalue weighted by molar-refractivity contribution is 7.89. The van der Waals surface area contributed by atoms with E-state index in [0.717, 1.165) is 9.75 Å². The summed E-state index contributed by atoms with van der Waals surface area (Å²) in [5, 5.41) is 7.13. The van der Waals surface area contributed by atoms with Gasteiger partial charge in [-0.1, -0.05) is 0 Å². The van der Waals surface area contributed by atoms with Crippen LogP contribution in [0.25, 0.3) is 0 Å². The second-order valence-electron chi connectivity index (χ2n) is 4.65. The Kier molecular flexibility index (Phi) is 5.09. The summed E-state index contributed by atoms with van der Waals surface area (Å²) >= 11 is 1.49. The molecule has 2 N–H and O–H groups in total. The van der Waals surface area contributed by atoms with Crippen molar-refractivity contribution in [3.8, 4) is 0 Å². The molecule has 2 rings (SSSR count). The number of thiophene rings is 1. The monoisotopic (exact) mass is 329 g/mol. The molecular weight excluding hydrogens is 310 g/mol. The summed E-state index contributed by atoms with van der Waals surface area (Å²) in [6.45, 7) is 2.76. The molecule has 0 amide bonds. The Morgan fingerprint density at radius 3 is 2.81 bits per heavy atom. The first-order valence-corrected chi connectivity index (χ1v) is 8.80. The summed E-state index contributed by atoms with van der Waals surface area (Å²) in [5.74, 6) is 0.623. The van der Waals surface area contributed by atoms with Crippen molar-refractivity contribution in [1.82, 2.24) is 24.8 Å². The maximum Gasteiger partial charge on any atom is 0.241 e. The lowest BCUT2D eigenvalue weighted by atomic mass is 10.4. The Hall–Kier alpha value is -1.29. The van der Waals surface area contributed by atoms with Crippen LogP contribution in [0, 0.1) is 6.92 Å². The van der Waals surface area contributed by atoms with Crippen molar-refractivity contribution in [3.63, 3.8) is 0 Å². The van der Waals surface area contributed by atoms with Gasteiger partial charge in [-0.05, 0) is 20.0 Å². The smallest absolute Gasteiger partial charge is 0.241 e. The van der Waals surface area contributed by atoms with Gasteiger partial charge in [0.2, 0.25) is 10.0 Å². The molecule has 116 valence electrons. The third-order valence-corrected chi connectivity index (χ3v) is 5.62. The Morgan fingerprint density at radius 1 is 1.43 bits per heavy atom. The summed E-state index contributed by atoms with van der Waals surface area (Å²) in [6.07, 6.45) is 2.06. The van der Waals surface area contributed by atoms with Crippen LogP contribution in [0.1, 0.15) is 15.6 Å². The van der Waals surface area contributed by atoms with E-state index in [-0.39, 0.29) is 6.54 Å². The lowest BCUT2D eigenvalue weighted by Crippen LogP contribution is -2.26. The number of nitrogens with one attached hydrogen (secondary N) is 2. The van der Waals surface area contributed by atoms with E-state index < -0.39 is 10.0 Å². The largest absolute Gasteiger partial charge is 0.315 e. The molecule has 0 fully saturated rings. The van der Waals surface area contributed by atoms with Gasteiger partial charge in [-0.3, -0.25) is 4.68 Å². The van der Waals surface area contributed by atoms with E-state index in [9.17, 15) is 8.42 Å². The number of sulfonamides is 1. The first-order chi connectivity index (χ1) is 9.92. The average Bonchev–Trinajstić information content (AvgIpc) is 2.96. The fourth-order valence-electron chi connectivity index (χ4n) is 1.93. The lowest BCUT2D eigenvalue weighted by Gasteiger charge is -2.04. The molecule has 2 aromatic heterocycles. The molecule has 0 radical (unpaired) electrons. The average molecular weight is 329 g/mol. The zero-order valence-electron chi connectivity index (χ0n) is 12.3. The van der Waals surface area contributed by atoms with Crippen molar-refractivity contribution in [1.29, 1.82) is 0 Å². The van der Waals surface area contributed by atoms with Crippen molar-refractivity contribution in [2.45, 2.75) is 24.8 Å². The van der Waals surface area contributed by atoms with Gasteiger partial charge < -0.3 is 5.32 Å². The highest BCUT2D eigenvalue weighted by Crippen LogP contribution is 2.25. The van der Waals surface area contributed by atoms with Crippen molar-refractivity contribution in [2.24, 2.45) is 7.05 Å². The Labute approximate surface area is 128 Å². The maximum atomic E-state index is 12.3. The van der Waals surface area contributed by atoms with Gasteiger partial charge in [0, 0.05) is 36.3 Å². The predicted molar refractivity (Wildman–Crippen MR) is 81.7 cm³/mol. The van der Waals surface area contributed by atoms with Gasteiger partial charge in [-0.2, -0.15) is 5.10 Å². The predicted octanol–water partition coefficient (Wildman–Crippen LogP) is 0.425. The second kappa shape index (κ2) is 6.65. The van der Waals surface area contributed by atoms with Crippen LogP contribution in [0.5, 0.6) is 0 Å². The molecule has 0 saturated heterocycles. The maximum absolute atomic E-state index is 12.3. The molecule has 0 saturated carbocycles. The number of hydrogen-bond acceptors (Lipinski definition) is 6. The van der Waals surface area contributed by atoms with Gasteiger partial charge in [0.1, 0.15) is 6.33 Å². The zero-order valence-corrected chi connectivity index (χ0v) is 13.9. The van der Waals surface area contributed by atoms with Gasteiger partial charge in [-0.25, -0.2) is 18.1 Å². The summed E-state index contributed by atoms with van der Waals surface area (Å²) in [4.78, 5) is 6.22. The third-order valence-electron chi connectivity index (χ3n) is 2.85. The molecule has 0 aliphatic carbocycles. The Bertz CT molecular complexity index is 705. The topological polar surface area (TPSA) is 88.9 Å². The Morgan fingerprint density at radius 2 is 2.19 bits per heavy atom. The highest BCUT2D eigenvalue weighted by atomic mass is 32.2. The number of aromatic nitrogens is 3. The molecular formula is C12H19N5O2S2. The van der Waals surface area contributed by atoms with Crippen molar-refractivity contribution < 1.29 is 8.42 Å². The first kappa shape index (κ1) is 16.1. The fourth-order valence-corrected chi connectivity index (χ4v) is 4.60. The van der Waals surface area contributed by atoms with Crippen LogP contribution in [0.3, 0.4) is 0 Å². The lowest BCUT2D eigenvalue weighted by molar-refractivity contribution is 0.580. The van der Waals surface area contributed by atoms with Gasteiger partial charge in [0.05, 0.1) is 4.90 Å². The van der Waals surface area contributed by atoms with Crippen LogP contribution in [-0.4, -0.2) is 36.8 Å². The van der Waals surface area contributed by atoms with Gasteiger partial charge in [0.25, 0.3) is 0 Å². The van der Waals surface area contributed by atoms with E-state index in [2.05, 4.69) is 20.1 Å². The molecule has 0 aliphatic heterocycles. The molecule has 0 unspecified atom stereocenters. The van der Waals surface area contributed by atoms with E-state index in [0.29, 0.717) is 23.7 Å². The third kappa shape index (κ3) is 4.10. The number of rotatable bonds is 7. The second-order valence-corrected chi connectivity index (χ2v) is 7.72. The van der Waals surface area contributed by atoms with Crippen LogP contribution in [0.15, 0.2) is 17.3 Å². The first-order valence-electron chi connectivity index (χ1n) is 6.50. The van der Waals surface area contributed by atoms with Gasteiger partial charge in [-0.15, -0.1) is 11.3 Å². The summed E-state index contributed by atoms with van der Waals surface area (Å²) in [5.41, 5.74) is 0. The van der Waals surface area contributed by atoms with Crippen molar-refractivity contribution >= 4 is 21.4 Å². The zero-order chi connectivity index (χ0) is 15.5. The van der Waals surface area contributed by atoms with E-state index >= 15 is 0 Å². The van der Waals surface area contributed by atoms with Crippen molar-refractivity contribution in [2.75, 3.05) is 13.6 Å². The molecule has 0 bridgehead atoms. The molecule has 7 nitrogen and oxygen atoms in total. The van der Waals surface area contributed by atoms with E-state index in [1.165, 1.54) is 11.3 Å². The molecule has 9 heteroatoms. The van der Waals surface area contributed by atoms with Crippen LogP contribution < -0.4 is 10.0 Å². The normalized spacial score (nSPS) is 12.0. The summed E-state index contributed by atoms with van der Waals surface area (Å²) in [6, 6.07) is 1.72. The van der Waals surface area contributed by atoms with Crippen molar-refractivity contribution in [3.05, 3.63) is 28.0 Å². The van der Waals surface area contributed by atoms with E-state index in [4.69, 9.17) is 0 Å². The number of hydrogen-bond donors (Lipinski definition) is 2. The van der Waals surface area contributed by atoms with Crippen LogP contribution >= 0.6 is 11.3 Å². The minimum atomic E-state index is -3.48. The van der Waals surface area contributed by atoms with Crippen LogP contribution in [0.4, 0.5) is 0 Å². The number of aryl methyl sites for hydroxylation is 2.